The topological polar surface area (TPSA) is 131 Å². The molecule has 4 N–H and O–H groups in total. The van der Waals surface area contributed by atoms with E-state index in [-0.39, 0.29) is 24.8 Å². The highest BCUT2D eigenvalue weighted by Gasteiger charge is 2.36. The molecule has 0 aliphatic rings. The highest BCUT2D eigenvalue weighted by atomic mass is 16.6. The highest BCUT2D eigenvalue weighted by Crippen LogP contribution is 2.25. The summed E-state index contributed by atoms with van der Waals surface area (Å²) in [5.74, 6) is -1.36. The number of alkyl carbamates (subject to hydrolysis) is 1. The second kappa shape index (κ2) is 16.0. The van der Waals surface area contributed by atoms with E-state index in [9.17, 15) is 19.2 Å². The molecule has 0 radical (unpaired) electrons. The number of carbonyl (C=O) groups excluding carboxylic acids is 4. The van der Waals surface area contributed by atoms with Crippen molar-refractivity contribution in [1.29, 1.82) is 0 Å². The predicted octanol–water partition coefficient (Wildman–Crippen LogP) is 4.52. The van der Waals surface area contributed by atoms with Gasteiger partial charge in [-0.05, 0) is 59.9 Å². The van der Waals surface area contributed by atoms with Crippen molar-refractivity contribution in [3.63, 3.8) is 0 Å². The van der Waals surface area contributed by atoms with Gasteiger partial charge in [0.1, 0.15) is 17.7 Å². The lowest BCUT2D eigenvalue weighted by atomic mass is 9.99. The Balaban J connectivity index is 3.47. The molecular formula is C29H48N4O5. The predicted molar refractivity (Wildman–Crippen MR) is 149 cm³/mol. The standard InChI is InChI=1S/C29H48N4O5/c1-8-9-10-11-12-18-33(25(26(35)31-20(2)3)22-15-13-14-21(4)19-22)27(36)23(16-17-24(30)34)32-28(37)38-29(5,6)7/h13-15,19-20,23,25H,8-12,16-18H2,1-7H3,(H2,30,34)(H,31,35)(H,32,37). The van der Waals surface area contributed by atoms with Crippen LogP contribution in [0.1, 0.15) is 104 Å². The Labute approximate surface area is 228 Å². The third-order valence-electron chi connectivity index (χ3n) is 5.80. The van der Waals surface area contributed by atoms with Crippen LogP contribution in [0.5, 0.6) is 0 Å². The molecule has 0 spiro atoms. The average Bonchev–Trinajstić information content (AvgIpc) is 2.78. The Morgan fingerprint density at radius 1 is 1.03 bits per heavy atom. The fourth-order valence-electron chi connectivity index (χ4n) is 4.12. The summed E-state index contributed by atoms with van der Waals surface area (Å²) in [4.78, 5) is 53.4. The molecule has 0 saturated carbocycles. The minimum Gasteiger partial charge on any atom is -0.444 e. The lowest BCUT2D eigenvalue weighted by Crippen LogP contribution is -2.54. The number of hydrogen-bond acceptors (Lipinski definition) is 5. The SMILES string of the molecule is CCCCCCCN(C(=O)C(CCC(N)=O)NC(=O)OC(C)(C)C)C(C(=O)NC(C)C)c1cccc(C)c1. The van der Waals surface area contributed by atoms with Crippen LogP contribution in [0.2, 0.25) is 0 Å². The van der Waals surface area contributed by atoms with E-state index in [0.717, 1.165) is 31.2 Å². The number of unbranched alkanes of at least 4 members (excludes halogenated alkanes) is 4. The number of benzene rings is 1. The summed E-state index contributed by atoms with van der Waals surface area (Å²) < 4.78 is 5.38. The van der Waals surface area contributed by atoms with Crippen molar-refractivity contribution >= 4 is 23.8 Å². The molecule has 9 nitrogen and oxygen atoms in total. The summed E-state index contributed by atoms with van der Waals surface area (Å²) in [5.41, 5.74) is 6.23. The Morgan fingerprint density at radius 3 is 2.24 bits per heavy atom. The van der Waals surface area contributed by atoms with Crippen LogP contribution in [-0.2, 0) is 19.1 Å². The number of nitrogens with zero attached hydrogens (tertiary/aromatic N) is 1. The maximum atomic E-state index is 14.1. The third kappa shape index (κ3) is 12.4. The van der Waals surface area contributed by atoms with Gasteiger partial charge in [0.15, 0.2) is 0 Å². The molecule has 0 bridgehead atoms. The van der Waals surface area contributed by atoms with Crippen molar-refractivity contribution < 1.29 is 23.9 Å². The zero-order valence-electron chi connectivity index (χ0n) is 24.3. The minimum absolute atomic E-state index is 0.00786. The van der Waals surface area contributed by atoms with E-state index in [1.54, 1.807) is 20.8 Å². The largest absolute Gasteiger partial charge is 0.444 e. The van der Waals surface area contributed by atoms with Gasteiger partial charge in [0.2, 0.25) is 17.7 Å². The molecule has 2 atom stereocenters. The summed E-state index contributed by atoms with van der Waals surface area (Å²) in [5, 5.41) is 5.57. The first-order valence-corrected chi connectivity index (χ1v) is 13.7. The van der Waals surface area contributed by atoms with Gasteiger partial charge < -0.3 is 26.0 Å². The lowest BCUT2D eigenvalue weighted by Gasteiger charge is -2.35. The van der Waals surface area contributed by atoms with Gasteiger partial charge >= 0.3 is 6.09 Å². The lowest BCUT2D eigenvalue weighted by molar-refractivity contribution is -0.143. The third-order valence-corrected chi connectivity index (χ3v) is 5.80. The second-order valence-corrected chi connectivity index (χ2v) is 11.1. The Kier molecular flexibility index (Phi) is 13.9. The van der Waals surface area contributed by atoms with Crippen LogP contribution in [0, 0.1) is 6.92 Å². The molecule has 0 saturated heterocycles. The monoisotopic (exact) mass is 532 g/mol. The van der Waals surface area contributed by atoms with Crippen molar-refractivity contribution in [2.75, 3.05) is 6.54 Å². The van der Waals surface area contributed by atoms with Crippen LogP contribution < -0.4 is 16.4 Å². The van der Waals surface area contributed by atoms with Crippen molar-refractivity contribution in [3.8, 4) is 0 Å². The van der Waals surface area contributed by atoms with Crippen LogP contribution in [0.4, 0.5) is 4.79 Å². The summed E-state index contributed by atoms with van der Waals surface area (Å²) in [7, 11) is 0. The maximum Gasteiger partial charge on any atom is 0.408 e. The van der Waals surface area contributed by atoms with E-state index >= 15 is 0 Å². The smallest absolute Gasteiger partial charge is 0.408 e. The molecule has 4 amide bonds. The van der Waals surface area contributed by atoms with Gasteiger partial charge in [-0.2, -0.15) is 0 Å². The highest BCUT2D eigenvalue weighted by molar-refractivity contribution is 5.92. The van der Waals surface area contributed by atoms with Gasteiger partial charge in [0.05, 0.1) is 0 Å². The van der Waals surface area contributed by atoms with Crippen LogP contribution in [0.3, 0.4) is 0 Å². The normalized spacial score (nSPS) is 12.9. The summed E-state index contributed by atoms with van der Waals surface area (Å²) in [6, 6.07) is 5.36. The van der Waals surface area contributed by atoms with E-state index in [4.69, 9.17) is 10.5 Å². The van der Waals surface area contributed by atoms with Gasteiger partial charge in [-0.3, -0.25) is 14.4 Å². The van der Waals surface area contributed by atoms with Gasteiger partial charge in [0.25, 0.3) is 0 Å². The quantitative estimate of drug-likeness (QED) is 0.286. The van der Waals surface area contributed by atoms with Gasteiger partial charge in [0, 0.05) is 19.0 Å². The number of hydrogen-bond donors (Lipinski definition) is 3. The molecule has 0 aromatic heterocycles. The number of rotatable bonds is 15. The van der Waals surface area contributed by atoms with Crippen LogP contribution in [0.15, 0.2) is 24.3 Å². The number of amides is 4. The number of ether oxygens (including phenoxy) is 1. The van der Waals surface area contributed by atoms with Gasteiger partial charge in [-0.15, -0.1) is 0 Å². The summed E-state index contributed by atoms with van der Waals surface area (Å²) >= 11 is 0. The van der Waals surface area contributed by atoms with E-state index in [1.807, 2.05) is 45.0 Å². The Hall–Kier alpha value is -3.10. The summed E-state index contributed by atoms with van der Waals surface area (Å²) in [6.07, 6.45) is 3.89. The van der Waals surface area contributed by atoms with E-state index < -0.39 is 35.6 Å². The number of primary amides is 1. The number of nitrogens with one attached hydrogen (secondary N) is 2. The summed E-state index contributed by atoms with van der Waals surface area (Å²) in [6.45, 7) is 13.3. The molecular weight excluding hydrogens is 484 g/mol. The van der Waals surface area contributed by atoms with Crippen molar-refractivity contribution in [3.05, 3.63) is 35.4 Å². The molecule has 1 aromatic carbocycles. The van der Waals surface area contributed by atoms with Crippen LogP contribution in [0.25, 0.3) is 0 Å². The van der Waals surface area contributed by atoms with Crippen molar-refractivity contribution in [2.24, 2.45) is 5.73 Å². The second-order valence-electron chi connectivity index (χ2n) is 11.1. The minimum atomic E-state index is -1.09. The molecule has 0 heterocycles. The molecule has 0 fully saturated rings. The number of carbonyl (C=O) groups is 4. The molecule has 0 aliphatic heterocycles. The van der Waals surface area contributed by atoms with Crippen LogP contribution >= 0.6 is 0 Å². The number of aryl methyl sites for hydroxylation is 1. The zero-order chi connectivity index (χ0) is 28.9. The molecule has 214 valence electrons. The fraction of sp³-hybridized carbons (Fsp3) is 0.655. The van der Waals surface area contributed by atoms with E-state index in [2.05, 4.69) is 17.6 Å². The molecule has 9 heteroatoms. The van der Waals surface area contributed by atoms with Crippen molar-refractivity contribution in [1.82, 2.24) is 15.5 Å². The first-order valence-electron chi connectivity index (χ1n) is 13.7. The molecule has 1 rings (SSSR count). The van der Waals surface area contributed by atoms with E-state index in [1.165, 1.54) is 4.90 Å². The molecule has 2 unspecified atom stereocenters. The number of nitrogens with two attached hydrogens (primary N) is 1. The zero-order valence-corrected chi connectivity index (χ0v) is 24.3. The molecule has 1 aromatic rings. The Morgan fingerprint density at radius 2 is 1.68 bits per heavy atom. The molecule has 38 heavy (non-hydrogen) atoms. The van der Waals surface area contributed by atoms with E-state index in [0.29, 0.717) is 18.5 Å². The van der Waals surface area contributed by atoms with Crippen molar-refractivity contribution in [2.45, 2.75) is 117 Å². The van der Waals surface area contributed by atoms with Gasteiger partial charge in [-0.1, -0.05) is 62.4 Å². The average molecular weight is 533 g/mol. The first-order chi connectivity index (χ1) is 17.7. The fourth-order valence-corrected chi connectivity index (χ4v) is 4.12. The maximum absolute atomic E-state index is 14.1. The van der Waals surface area contributed by atoms with Gasteiger partial charge in [-0.25, -0.2) is 4.79 Å². The Bertz CT molecular complexity index is 926. The van der Waals surface area contributed by atoms with Crippen LogP contribution in [-0.4, -0.2) is 52.9 Å². The molecule has 0 aliphatic carbocycles. The first kappa shape index (κ1) is 32.9.